The highest BCUT2D eigenvalue weighted by Crippen LogP contribution is 2.16. The lowest BCUT2D eigenvalue weighted by Crippen LogP contribution is -2.17. The van der Waals surface area contributed by atoms with Crippen molar-refractivity contribution in [2.75, 3.05) is 19.0 Å². The molecule has 94 valence electrons. The fourth-order valence-corrected chi connectivity index (χ4v) is 1.91. The second kappa shape index (κ2) is 6.57. The van der Waals surface area contributed by atoms with Crippen molar-refractivity contribution in [2.45, 2.75) is 26.3 Å². The number of anilines is 1. The minimum absolute atomic E-state index is 0.380. The number of rotatable bonds is 6. The largest absolute Gasteiger partial charge is 0.389 e. The van der Waals surface area contributed by atoms with Crippen LogP contribution in [0.3, 0.4) is 0 Å². The first-order valence-corrected chi connectivity index (χ1v) is 6.11. The molecular weight excluding hydrogens is 232 g/mol. The van der Waals surface area contributed by atoms with Crippen molar-refractivity contribution in [3.8, 4) is 0 Å². The van der Waals surface area contributed by atoms with E-state index in [-0.39, 0.29) is 0 Å². The highest BCUT2D eigenvalue weighted by Gasteiger charge is 2.05. The Kier molecular flexibility index (Phi) is 5.38. The van der Waals surface area contributed by atoms with Gasteiger partial charge in [0.05, 0.1) is 0 Å². The number of methoxy groups -OCH3 is 1. The molecule has 0 aromatic heterocycles. The molecule has 1 unspecified atom stereocenters. The Morgan fingerprint density at radius 2 is 2.24 bits per heavy atom. The van der Waals surface area contributed by atoms with Crippen LogP contribution in [0.15, 0.2) is 18.2 Å². The van der Waals surface area contributed by atoms with Crippen LogP contribution in [0.25, 0.3) is 0 Å². The molecule has 1 aromatic carbocycles. The Morgan fingerprint density at radius 1 is 1.53 bits per heavy atom. The van der Waals surface area contributed by atoms with Gasteiger partial charge in [-0.2, -0.15) is 0 Å². The number of aryl methyl sites for hydroxylation is 1. The van der Waals surface area contributed by atoms with E-state index in [1.807, 2.05) is 19.1 Å². The topological polar surface area (TPSA) is 47.3 Å². The van der Waals surface area contributed by atoms with Crippen molar-refractivity contribution < 1.29 is 4.74 Å². The number of thiocarbonyl (C=S) groups is 1. The molecule has 1 rings (SSSR count). The first-order valence-electron chi connectivity index (χ1n) is 5.70. The number of benzene rings is 1. The Bertz CT molecular complexity index is 393. The zero-order chi connectivity index (χ0) is 12.8. The van der Waals surface area contributed by atoms with Crippen molar-refractivity contribution in [1.29, 1.82) is 0 Å². The van der Waals surface area contributed by atoms with Gasteiger partial charge in [-0.1, -0.05) is 12.2 Å². The van der Waals surface area contributed by atoms with Gasteiger partial charge >= 0.3 is 0 Å². The summed E-state index contributed by atoms with van der Waals surface area (Å²) in [6, 6.07) is 6.41. The van der Waals surface area contributed by atoms with Crippen molar-refractivity contribution >= 4 is 22.9 Å². The smallest absolute Gasteiger partial charge is 0.104 e. The number of nitrogens with two attached hydrogens (primary N) is 1. The highest BCUT2D eigenvalue weighted by molar-refractivity contribution is 7.80. The first-order chi connectivity index (χ1) is 8.04. The molecule has 0 saturated carbocycles. The summed E-state index contributed by atoms with van der Waals surface area (Å²) in [4.78, 5) is 0.446. The summed E-state index contributed by atoms with van der Waals surface area (Å²) in [5.74, 6) is 0. The maximum atomic E-state index is 5.63. The molecule has 3 N–H and O–H groups in total. The molecule has 0 fully saturated rings. The third kappa shape index (κ3) is 4.32. The van der Waals surface area contributed by atoms with Crippen molar-refractivity contribution in [2.24, 2.45) is 5.73 Å². The molecule has 0 heterocycles. The van der Waals surface area contributed by atoms with Crippen molar-refractivity contribution in [3.63, 3.8) is 0 Å². The van der Waals surface area contributed by atoms with E-state index in [9.17, 15) is 0 Å². The second-order valence-corrected chi connectivity index (χ2v) is 4.66. The maximum Gasteiger partial charge on any atom is 0.104 e. The molecule has 17 heavy (non-hydrogen) atoms. The van der Waals surface area contributed by atoms with E-state index in [1.54, 1.807) is 7.11 Å². The van der Waals surface area contributed by atoms with Crippen LogP contribution in [0.1, 0.15) is 24.5 Å². The zero-order valence-corrected chi connectivity index (χ0v) is 11.4. The monoisotopic (exact) mass is 252 g/mol. The second-order valence-electron chi connectivity index (χ2n) is 4.22. The van der Waals surface area contributed by atoms with E-state index in [2.05, 4.69) is 18.3 Å². The fraction of sp³-hybridized carbons (Fsp3) is 0.462. The van der Waals surface area contributed by atoms with E-state index in [4.69, 9.17) is 22.7 Å². The normalized spacial score (nSPS) is 12.2. The van der Waals surface area contributed by atoms with Gasteiger partial charge in [0.15, 0.2) is 0 Å². The average molecular weight is 252 g/mol. The number of hydrogen-bond donors (Lipinski definition) is 2. The van der Waals surface area contributed by atoms with Crippen LogP contribution in [0, 0.1) is 6.92 Å². The molecule has 0 spiro atoms. The first kappa shape index (κ1) is 13.9. The van der Waals surface area contributed by atoms with Gasteiger partial charge in [0.2, 0.25) is 0 Å². The Balaban J connectivity index is 2.67. The van der Waals surface area contributed by atoms with Crippen molar-refractivity contribution in [1.82, 2.24) is 0 Å². The van der Waals surface area contributed by atoms with E-state index >= 15 is 0 Å². The molecule has 0 amide bonds. The van der Waals surface area contributed by atoms with E-state index in [0.29, 0.717) is 11.0 Å². The van der Waals surface area contributed by atoms with Crippen molar-refractivity contribution in [3.05, 3.63) is 29.3 Å². The number of hydrogen-bond acceptors (Lipinski definition) is 3. The molecule has 0 radical (unpaired) electrons. The van der Waals surface area contributed by atoms with Crippen LogP contribution < -0.4 is 11.1 Å². The summed E-state index contributed by atoms with van der Waals surface area (Å²) < 4.78 is 5.05. The molecule has 4 heteroatoms. The number of nitrogens with one attached hydrogen (secondary N) is 1. The van der Waals surface area contributed by atoms with Gasteiger partial charge < -0.3 is 15.8 Å². The summed E-state index contributed by atoms with van der Waals surface area (Å²) >= 11 is 4.98. The van der Waals surface area contributed by atoms with Gasteiger partial charge in [0, 0.05) is 31.0 Å². The maximum absolute atomic E-state index is 5.63. The predicted octanol–water partition coefficient (Wildman–Crippen LogP) is 2.47. The SMILES string of the molecule is COCCC(C)Nc1ccc(C(N)=S)c(C)c1. The molecule has 0 aliphatic carbocycles. The molecule has 3 nitrogen and oxygen atoms in total. The van der Waals surface area contributed by atoms with Gasteiger partial charge in [-0.05, 0) is 44.0 Å². The lowest BCUT2D eigenvalue weighted by atomic mass is 10.1. The summed E-state index contributed by atoms with van der Waals surface area (Å²) in [6.07, 6.45) is 0.979. The van der Waals surface area contributed by atoms with Crippen LogP contribution in [-0.4, -0.2) is 24.7 Å². The van der Waals surface area contributed by atoms with Crippen LogP contribution >= 0.6 is 12.2 Å². The van der Waals surface area contributed by atoms with Crippen LogP contribution in [0.2, 0.25) is 0 Å². The molecule has 0 aliphatic rings. The molecule has 0 bridgehead atoms. The lowest BCUT2D eigenvalue weighted by Gasteiger charge is -2.16. The van der Waals surface area contributed by atoms with Gasteiger partial charge in [0.1, 0.15) is 4.99 Å². The minimum atomic E-state index is 0.380. The average Bonchev–Trinajstić information content (AvgIpc) is 2.26. The van der Waals surface area contributed by atoms with Gasteiger partial charge in [-0.25, -0.2) is 0 Å². The van der Waals surface area contributed by atoms with Gasteiger partial charge in [-0.15, -0.1) is 0 Å². The third-order valence-electron chi connectivity index (χ3n) is 2.66. The summed E-state index contributed by atoms with van der Waals surface area (Å²) in [5, 5.41) is 3.42. The molecule has 0 aliphatic heterocycles. The van der Waals surface area contributed by atoms with Crippen LogP contribution in [0.5, 0.6) is 0 Å². The molecular formula is C13H20N2OS. The third-order valence-corrected chi connectivity index (χ3v) is 2.88. The van der Waals surface area contributed by atoms with Crippen LogP contribution in [0.4, 0.5) is 5.69 Å². The summed E-state index contributed by atoms with van der Waals surface area (Å²) in [7, 11) is 1.72. The van der Waals surface area contributed by atoms with Gasteiger partial charge in [0.25, 0.3) is 0 Å². The Morgan fingerprint density at radius 3 is 2.76 bits per heavy atom. The Labute approximate surface area is 108 Å². The number of ether oxygens (including phenoxy) is 1. The zero-order valence-electron chi connectivity index (χ0n) is 10.6. The van der Waals surface area contributed by atoms with E-state index in [0.717, 1.165) is 29.8 Å². The molecule has 0 saturated heterocycles. The quantitative estimate of drug-likeness (QED) is 0.764. The fourth-order valence-electron chi connectivity index (χ4n) is 1.68. The van der Waals surface area contributed by atoms with Gasteiger partial charge in [-0.3, -0.25) is 0 Å². The minimum Gasteiger partial charge on any atom is -0.389 e. The standard InChI is InChI=1S/C13H20N2OS/c1-9-8-11(4-5-12(9)13(14)17)15-10(2)6-7-16-3/h4-5,8,10,15H,6-7H2,1-3H3,(H2,14,17). The summed E-state index contributed by atoms with van der Waals surface area (Å²) in [5.41, 5.74) is 8.75. The van der Waals surface area contributed by atoms with Crippen LogP contribution in [-0.2, 0) is 4.74 Å². The molecule has 1 aromatic rings. The summed E-state index contributed by atoms with van der Waals surface area (Å²) in [6.45, 7) is 4.91. The highest BCUT2D eigenvalue weighted by atomic mass is 32.1. The predicted molar refractivity (Wildman–Crippen MR) is 76.6 cm³/mol. The van der Waals surface area contributed by atoms with E-state index in [1.165, 1.54) is 0 Å². The lowest BCUT2D eigenvalue weighted by molar-refractivity contribution is 0.191. The van der Waals surface area contributed by atoms with E-state index < -0.39 is 0 Å². The molecule has 1 atom stereocenters. The Hall–Kier alpha value is -1.13.